The molecule has 0 aliphatic carbocycles. The quantitative estimate of drug-likeness (QED) is 0.295. The first-order valence-corrected chi connectivity index (χ1v) is 8.29. The monoisotopic (exact) mass is 348 g/mol. The second kappa shape index (κ2) is 11.0. The summed E-state index contributed by atoms with van der Waals surface area (Å²) in [6, 6.07) is 9.11. The molecular weight excluding hydrogens is 324 g/mol. The van der Waals surface area contributed by atoms with Gasteiger partial charge < -0.3 is 14.2 Å². The maximum absolute atomic E-state index is 12.2. The third-order valence-corrected chi connectivity index (χ3v) is 3.24. The SMILES string of the molecule is CCOC(=O)/C(=C\c1ccccc1)CC(C(=O)OCC)C(=O)OCC. The Labute approximate surface area is 147 Å². The highest BCUT2D eigenvalue weighted by atomic mass is 16.6. The molecule has 25 heavy (non-hydrogen) atoms. The molecule has 136 valence electrons. The lowest BCUT2D eigenvalue weighted by Crippen LogP contribution is -2.29. The largest absolute Gasteiger partial charge is 0.465 e. The Morgan fingerprint density at radius 3 is 1.88 bits per heavy atom. The van der Waals surface area contributed by atoms with Crippen LogP contribution in [-0.2, 0) is 28.6 Å². The molecule has 0 radical (unpaired) electrons. The average molecular weight is 348 g/mol. The first-order valence-electron chi connectivity index (χ1n) is 8.29. The lowest BCUT2D eigenvalue weighted by Gasteiger charge is -2.16. The molecule has 0 heterocycles. The van der Waals surface area contributed by atoms with Crippen LogP contribution in [0.4, 0.5) is 0 Å². The minimum atomic E-state index is -1.21. The standard InChI is InChI=1S/C19H24O6/c1-4-23-17(20)15(12-14-10-8-7-9-11-14)13-16(18(21)24-5-2)19(22)25-6-3/h7-12,16H,4-6,13H2,1-3H3/b15-12-. The number of hydrogen-bond acceptors (Lipinski definition) is 6. The summed E-state index contributed by atoms with van der Waals surface area (Å²) in [6.45, 7) is 5.43. The molecule has 0 atom stereocenters. The van der Waals surface area contributed by atoms with E-state index in [0.29, 0.717) is 0 Å². The van der Waals surface area contributed by atoms with E-state index in [9.17, 15) is 14.4 Å². The maximum Gasteiger partial charge on any atom is 0.334 e. The van der Waals surface area contributed by atoms with E-state index in [0.717, 1.165) is 5.56 Å². The van der Waals surface area contributed by atoms with Crippen molar-refractivity contribution in [1.82, 2.24) is 0 Å². The normalized spacial score (nSPS) is 11.1. The van der Waals surface area contributed by atoms with Gasteiger partial charge in [0.2, 0.25) is 0 Å². The van der Waals surface area contributed by atoms with Gasteiger partial charge in [-0.1, -0.05) is 30.3 Å². The van der Waals surface area contributed by atoms with Crippen LogP contribution in [0.3, 0.4) is 0 Å². The molecule has 0 saturated carbocycles. The lowest BCUT2D eigenvalue weighted by atomic mass is 9.97. The van der Waals surface area contributed by atoms with Gasteiger partial charge in [0.25, 0.3) is 0 Å². The van der Waals surface area contributed by atoms with Crippen LogP contribution in [0.15, 0.2) is 35.9 Å². The van der Waals surface area contributed by atoms with Crippen LogP contribution >= 0.6 is 0 Å². The molecule has 0 spiro atoms. The van der Waals surface area contributed by atoms with Gasteiger partial charge in [-0.25, -0.2) is 4.79 Å². The van der Waals surface area contributed by atoms with Crippen LogP contribution in [0.2, 0.25) is 0 Å². The van der Waals surface area contributed by atoms with Crippen LogP contribution in [0, 0.1) is 5.92 Å². The number of carbonyl (C=O) groups is 3. The highest BCUT2D eigenvalue weighted by Crippen LogP contribution is 2.20. The molecule has 6 nitrogen and oxygen atoms in total. The summed E-state index contributed by atoms with van der Waals surface area (Å²) in [5, 5.41) is 0. The van der Waals surface area contributed by atoms with Gasteiger partial charge in [0.1, 0.15) is 0 Å². The van der Waals surface area contributed by atoms with Crippen LogP contribution in [0.1, 0.15) is 32.8 Å². The van der Waals surface area contributed by atoms with E-state index in [2.05, 4.69) is 0 Å². The number of esters is 3. The van der Waals surface area contributed by atoms with Crippen molar-refractivity contribution in [2.45, 2.75) is 27.2 Å². The molecule has 0 bridgehead atoms. The van der Waals surface area contributed by atoms with Crippen LogP contribution in [0.5, 0.6) is 0 Å². The highest BCUT2D eigenvalue weighted by molar-refractivity contribution is 5.99. The van der Waals surface area contributed by atoms with E-state index in [-0.39, 0.29) is 31.8 Å². The van der Waals surface area contributed by atoms with Crippen molar-refractivity contribution < 1.29 is 28.6 Å². The molecule has 0 amide bonds. The zero-order valence-corrected chi connectivity index (χ0v) is 14.8. The Morgan fingerprint density at radius 1 is 0.880 bits per heavy atom. The van der Waals surface area contributed by atoms with E-state index in [1.54, 1.807) is 26.8 Å². The molecule has 0 N–H and O–H groups in total. The number of hydrogen-bond donors (Lipinski definition) is 0. The Morgan fingerprint density at radius 2 is 1.40 bits per heavy atom. The molecule has 1 aromatic carbocycles. The summed E-state index contributed by atoms with van der Waals surface area (Å²) in [7, 11) is 0. The molecule has 1 rings (SSSR count). The average Bonchev–Trinajstić information content (AvgIpc) is 2.59. The summed E-state index contributed by atoms with van der Waals surface area (Å²) >= 11 is 0. The van der Waals surface area contributed by atoms with Gasteiger partial charge in [-0.05, 0) is 32.4 Å². The molecule has 0 aromatic heterocycles. The number of ether oxygens (including phenoxy) is 3. The molecule has 0 aliphatic heterocycles. The minimum absolute atomic E-state index is 0.131. The fourth-order valence-electron chi connectivity index (χ4n) is 2.14. The molecule has 6 heteroatoms. The van der Waals surface area contributed by atoms with Crippen molar-refractivity contribution in [1.29, 1.82) is 0 Å². The van der Waals surface area contributed by atoms with E-state index in [4.69, 9.17) is 14.2 Å². The van der Waals surface area contributed by atoms with Gasteiger partial charge >= 0.3 is 17.9 Å². The summed E-state index contributed by atoms with van der Waals surface area (Å²) < 4.78 is 14.9. The van der Waals surface area contributed by atoms with E-state index >= 15 is 0 Å². The molecule has 0 unspecified atom stereocenters. The second-order valence-electron chi connectivity index (χ2n) is 5.06. The van der Waals surface area contributed by atoms with Crippen LogP contribution in [-0.4, -0.2) is 37.7 Å². The van der Waals surface area contributed by atoms with Crippen LogP contribution < -0.4 is 0 Å². The smallest absolute Gasteiger partial charge is 0.334 e. The molecule has 0 aliphatic rings. The van der Waals surface area contributed by atoms with E-state index in [1.165, 1.54) is 0 Å². The zero-order chi connectivity index (χ0) is 18.7. The Balaban J connectivity index is 3.13. The fourth-order valence-corrected chi connectivity index (χ4v) is 2.14. The summed E-state index contributed by atoms with van der Waals surface area (Å²) in [4.78, 5) is 36.5. The summed E-state index contributed by atoms with van der Waals surface area (Å²) in [6.07, 6.45) is 1.45. The number of rotatable bonds is 9. The zero-order valence-electron chi connectivity index (χ0n) is 14.8. The minimum Gasteiger partial charge on any atom is -0.465 e. The van der Waals surface area contributed by atoms with Gasteiger partial charge in [-0.3, -0.25) is 9.59 Å². The van der Waals surface area contributed by atoms with Crippen molar-refractivity contribution in [3.05, 3.63) is 41.5 Å². The Kier molecular flexibility index (Phi) is 9.00. The molecular formula is C19H24O6. The van der Waals surface area contributed by atoms with Gasteiger partial charge in [0.15, 0.2) is 5.92 Å². The van der Waals surface area contributed by atoms with E-state index < -0.39 is 23.8 Å². The number of benzene rings is 1. The Bertz CT molecular complexity index is 588. The second-order valence-corrected chi connectivity index (χ2v) is 5.06. The lowest BCUT2D eigenvalue weighted by molar-refractivity contribution is -0.161. The number of carbonyl (C=O) groups excluding carboxylic acids is 3. The third-order valence-electron chi connectivity index (χ3n) is 3.24. The van der Waals surface area contributed by atoms with Gasteiger partial charge in [0, 0.05) is 12.0 Å². The van der Waals surface area contributed by atoms with E-state index in [1.807, 2.05) is 30.3 Å². The first-order chi connectivity index (χ1) is 12.0. The molecule has 0 fully saturated rings. The summed E-state index contributed by atoms with van der Waals surface area (Å²) in [5.74, 6) is -3.22. The van der Waals surface area contributed by atoms with Gasteiger partial charge in [0.05, 0.1) is 19.8 Å². The van der Waals surface area contributed by atoms with Crippen molar-refractivity contribution in [2.24, 2.45) is 5.92 Å². The summed E-state index contributed by atoms with van der Waals surface area (Å²) in [5.41, 5.74) is 0.969. The van der Waals surface area contributed by atoms with Crippen LogP contribution in [0.25, 0.3) is 6.08 Å². The molecule has 0 saturated heterocycles. The van der Waals surface area contributed by atoms with Crippen molar-refractivity contribution in [3.63, 3.8) is 0 Å². The topological polar surface area (TPSA) is 78.9 Å². The third kappa shape index (κ3) is 6.79. The van der Waals surface area contributed by atoms with Crippen molar-refractivity contribution in [2.75, 3.05) is 19.8 Å². The van der Waals surface area contributed by atoms with Crippen molar-refractivity contribution >= 4 is 24.0 Å². The predicted octanol–water partition coefficient (Wildman–Crippen LogP) is 2.77. The first kappa shape index (κ1) is 20.4. The Hall–Kier alpha value is -2.63. The predicted molar refractivity (Wildman–Crippen MR) is 92.4 cm³/mol. The molecule has 1 aromatic rings. The van der Waals surface area contributed by atoms with Gasteiger partial charge in [-0.2, -0.15) is 0 Å². The van der Waals surface area contributed by atoms with Crippen molar-refractivity contribution in [3.8, 4) is 0 Å². The highest BCUT2D eigenvalue weighted by Gasteiger charge is 2.32. The van der Waals surface area contributed by atoms with Gasteiger partial charge in [-0.15, -0.1) is 0 Å². The maximum atomic E-state index is 12.2. The fraction of sp³-hybridized carbons (Fsp3) is 0.421.